The normalized spacial score (nSPS) is 11.1. The molecule has 0 atom stereocenters. The Morgan fingerprint density at radius 1 is 0.935 bits per heavy atom. The summed E-state index contributed by atoms with van der Waals surface area (Å²) in [5, 5.41) is 13.3. The molecule has 0 unspecified atom stereocenters. The van der Waals surface area contributed by atoms with Crippen LogP contribution in [0, 0.1) is 15.9 Å². The predicted molar refractivity (Wildman–Crippen MR) is 111 cm³/mol. The van der Waals surface area contributed by atoms with Crippen molar-refractivity contribution < 1.29 is 22.5 Å². The summed E-state index contributed by atoms with van der Waals surface area (Å²) < 4.78 is 40.7. The van der Waals surface area contributed by atoms with Crippen LogP contribution in [0.4, 0.5) is 10.1 Å². The van der Waals surface area contributed by atoms with Crippen molar-refractivity contribution in [3.05, 3.63) is 105 Å². The summed E-state index contributed by atoms with van der Waals surface area (Å²) in [4.78, 5) is 22.4. The molecule has 3 aromatic rings. The molecule has 0 saturated carbocycles. The molecule has 0 aromatic heterocycles. The zero-order valence-electron chi connectivity index (χ0n) is 16.1. The smallest absolute Gasteiger partial charge is 0.269 e. The lowest BCUT2D eigenvalue weighted by molar-refractivity contribution is -0.384. The predicted octanol–water partition coefficient (Wildman–Crippen LogP) is 3.14. The van der Waals surface area contributed by atoms with Gasteiger partial charge >= 0.3 is 0 Å². The Bertz CT molecular complexity index is 1210. The highest BCUT2D eigenvalue weighted by Gasteiger charge is 2.15. The number of nitro groups is 1. The van der Waals surface area contributed by atoms with E-state index >= 15 is 0 Å². The molecule has 3 rings (SSSR count). The quantitative estimate of drug-likeness (QED) is 0.410. The lowest BCUT2D eigenvalue weighted by Crippen LogP contribution is -2.24. The molecule has 0 saturated heterocycles. The van der Waals surface area contributed by atoms with E-state index < -0.39 is 26.7 Å². The van der Waals surface area contributed by atoms with E-state index in [-0.39, 0.29) is 29.2 Å². The van der Waals surface area contributed by atoms with Crippen molar-refractivity contribution in [1.82, 2.24) is 10.0 Å². The third-order valence-corrected chi connectivity index (χ3v) is 5.76. The fourth-order valence-electron chi connectivity index (χ4n) is 2.75. The summed E-state index contributed by atoms with van der Waals surface area (Å²) in [6.07, 6.45) is 0. The van der Waals surface area contributed by atoms with Crippen molar-refractivity contribution in [1.29, 1.82) is 0 Å². The number of non-ortho nitro benzene ring substituents is 1. The van der Waals surface area contributed by atoms with Gasteiger partial charge in [-0.1, -0.05) is 24.3 Å². The van der Waals surface area contributed by atoms with Crippen LogP contribution in [-0.2, 0) is 23.1 Å². The van der Waals surface area contributed by atoms with Crippen LogP contribution in [0.25, 0.3) is 0 Å². The number of halogens is 1. The average molecular weight is 443 g/mol. The molecule has 8 nitrogen and oxygen atoms in total. The minimum atomic E-state index is -3.85. The van der Waals surface area contributed by atoms with Crippen LogP contribution in [0.15, 0.2) is 77.7 Å². The van der Waals surface area contributed by atoms with E-state index in [0.717, 1.165) is 0 Å². The number of hydrogen-bond acceptors (Lipinski definition) is 5. The van der Waals surface area contributed by atoms with E-state index in [2.05, 4.69) is 10.0 Å². The van der Waals surface area contributed by atoms with Gasteiger partial charge < -0.3 is 5.32 Å². The number of sulfonamides is 1. The van der Waals surface area contributed by atoms with E-state index in [0.29, 0.717) is 11.1 Å². The zero-order valence-corrected chi connectivity index (χ0v) is 16.9. The Kier molecular flexibility index (Phi) is 6.73. The van der Waals surface area contributed by atoms with E-state index in [9.17, 15) is 27.7 Å². The molecule has 10 heteroatoms. The van der Waals surface area contributed by atoms with Gasteiger partial charge in [0.15, 0.2) is 0 Å². The van der Waals surface area contributed by atoms with Gasteiger partial charge in [0, 0.05) is 30.8 Å². The maximum Gasteiger partial charge on any atom is 0.269 e. The number of nitrogens with one attached hydrogen (secondary N) is 2. The van der Waals surface area contributed by atoms with Crippen molar-refractivity contribution in [3.63, 3.8) is 0 Å². The van der Waals surface area contributed by atoms with Crippen molar-refractivity contribution >= 4 is 21.6 Å². The first-order chi connectivity index (χ1) is 14.7. The van der Waals surface area contributed by atoms with Gasteiger partial charge in [-0.25, -0.2) is 17.5 Å². The standard InChI is InChI=1S/C21H18FN3O5S/c22-18-5-1-3-15(11-18)14-24-31(29,30)20-6-2-4-16(12-20)13-23-21(26)17-7-9-19(10-8-17)25(27)28/h1-12,24H,13-14H2,(H,23,26). The van der Waals surface area contributed by atoms with E-state index in [1.165, 1.54) is 54.6 Å². The summed E-state index contributed by atoms with van der Waals surface area (Å²) in [5.74, 6) is -0.908. The lowest BCUT2D eigenvalue weighted by atomic mass is 10.2. The molecule has 31 heavy (non-hydrogen) atoms. The zero-order chi connectivity index (χ0) is 22.4. The Morgan fingerprint density at radius 2 is 1.58 bits per heavy atom. The summed E-state index contributed by atoms with van der Waals surface area (Å²) >= 11 is 0. The molecule has 0 aliphatic rings. The number of hydrogen-bond donors (Lipinski definition) is 2. The van der Waals surface area contributed by atoms with Gasteiger partial charge in [0.25, 0.3) is 11.6 Å². The fraction of sp³-hybridized carbons (Fsp3) is 0.0952. The SMILES string of the molecule is O=C(NCc1cccc(S(=O)(=O)NCc2cccc(F)c2)c1)c1ccc([N+](=O)[O-])cc1. The monoisotopic (exact) mass is 443 g/mol. The molecule has 0 radical (unpaired) electrons. The fourth-order valence-corrected chi connectivity index (χ4v) is 3.84. The Balaban J connectivity index is 1.63. The first-order valence-corrected chi connectivity index (χ1v) is 10.6. The molecular formula is C21H18FN3O5S. The molecule has 2 N–H and O–H groups in total. The van der Waals surface area contributed by atoms with Crippen LogP contribution in [0.2, 0.25) is 0 Å². The third-order valence-electron chi connectivity index (χ3n) is 4.36. The van der Waals surface area contributed by atoms with Gasteiger partial charge in [-0.15, -0.1) is 0 Å². The van der Waals surface area contributed by atoms with E-state index in [4.69, 9.17) is 0 Å². The molecule has 0 spiro atoms. The van der Waals surface area contributed by atoms with Crippen LogP contribution in [-0.4, -0.2) is 19.2 Å². The molecule has 160 valence electrons. The summed E-state index contributed by atoms with van der Waals surface area (Å²) in [6.45, 7) is -0.00964. The highest BCUT2D eigenvalue weighted by atomic mass is 32.2. The largest absolute Gasteiger partial charge is 0.348 e. The van der Waals surface area contributed by atoms with Gasteiger partial charge in [-0.3, -0.25) is 14.9 Å². The summed E-state index contributed by atoms with van der Waals surface area (Å²) in [6, 6.07) is 16.8. The first-order valence-electron chi connectivity index (χ1n) is 9.10. The van der Waals surface area contributed by atoms with Crippen molar-refractivity contribution in [2.24, 2.45) is 0 Å². The first kappa shape index (κ1) is 22.1. The van der Waals surface area contributed by atoms with Crippen molar-refractivity contribution in [3.8, 4) is 0 Å². The van der Waals surface area contributed by atoms with Crippen LogP contribution < -0.4 is 10.0 Å². The van der Waals surface area contributed by atoms with Gasteiger partial charge in [0.1, 0.15) is 5.82 Å². The maximum atomic E-state index is 13.2. The average Bonchev–Trinajstić information content (AvgIpc) is 2.76. The van der Waals surface area contributed by atoms with Crippen LogP contribution in [0.5, 0.6) is 0 Å². The number of amides is 1. The lowest BCUT2D eigenvalue weighted by Gasteiger charge is -2.10. The number of carbonyl (C=O) groups excluding carboxylic acids is 1. The molecule has 0 heterocycles. The van der Waals surface area contributed by atoms with Gasteiger partial charge in [0.2, 0.25) is 10.0 Å². The topological polar surface area (TPSA) is 118 Å². The number of nitrogens with zero attached hydrogens (tertiary/aromatic N) is 1. The highest BCUT2D eigenvalue weighted by molar-refractivity contribution is 7.89. The minimum Gasteiger partial charge on any atom is -0.348 e. The molecule has 0 bridgehead atoms. The Labute approximate surface area is 177 Å². The molecule has 0 fully saturated rings. The highest BCUT2D eigenvalue weighted by Crippen LogP contribution is 2.14. The maximum absolute atomic E-state index is 13.2. The Hall–Kier alpha value is -3.63. The van der Waals surface area contributed by atoms with Crippen molar-refractivity contribution in [2.75, 3.05) is 0 Å². The van der Waals surface area contributed by atoms with Crippen LogP contribution >= 0.6 is 0 Å². The van der Waals surface area contributed by atoms with Gasteiger partial charge in [-0.05, 0) is 47.5 Å². The molecule has 0 aliphatic heterocycles. The molecule has 0 aliphatic carbocycles. The second kappa shape index (κ2) is 9.45. The minimum absolute atomic E-state index is 0.00554. The van der Waals surface area contributed by atoms with Gasteiger partial charge in [-0.2, -0.15) is 0 Å². The molecule has 3 aromatic carbocycles. The number of rotatable bonds is 8. The number of nitro benzene ring substituents is 1. The molecule has 1 amide bonds. The molecular weight excluding hydrogens is 425 g/mol. The van der Waals surface area contributed by atoms with Gasteiger partial charge in [0.05, 0.1) is 9.82 Å². The summed E-state index contributed by atoms with van der Waals surface area (Å²) in [7, 11) is -3.85. The van der Waals surface area contributed by atoms with E-state index in [1.807, 2.05) is 0 Å². The Morgan fingerprint density at radius 3 is 2.23 bits per heavy atom. The second-order valence-electron chi connectivity index (χ2n) is 6.59. The summed E-state index contributed by atoms with van der Waals surface area (Å²) in [5.41, 5.74) is 1.14. The van der Waals surface area contributed by atoms with Crippen LogP contribution in [0.1, 0.15) is 21.5 Å². The number of carbonyl (C=O) groups is 1. The third kappa shape index (κ3) is 5.93. The van der Waals surface area contributed by atoms with Crippen molar-refractivity contribution in [2.45, 2.75) is 18.0 Å². The number of benzene rings is 3. The van der Waals surface area contributed by atoms with Crippen LogP contribution in [0.3, 0.4) is 0 Å². The van der Waals surface area contributed by atoms with E-state index in [1.54, 1.807) is 18.2 Å². The second-order valence-corrected chi connectivity index (χ2v) is 8.36.